The normalized spacial score (nSPS) is 9.64. The Hall–Kier alpha value is -1.23. The summed E-state index contributed by atoms with van der Waals surface area (Å²) in [5.74, 6) is -0.543. The highest BCUT2D eigenvalue weighted by atomic mass is 79.9. The van der Waals surface area contributed by atoms with Crippen LogP contribution in [0.4, 0.5) is 0 Å². The molecule has 0 saturated carbocycles. The van der Waals surface area contributed by atoms with Gasteiger partial charge in [0, 0.05) is 4.47 Å². The highest BCUT2D eigenvalue weighted by Crippen LogP contribution is 2.32. The summed E-state index contributed by atoms with van der Waals surface area (Å²) in [4.78, 5) is 10.9. The quantitative estimate of drug-likeness (QED) is 0.905. The van der Waals surface area contributed by atoms with Crippen molar-refractivity contribution in [2.45, 2.75) is 0 Å². The van der Waals surface area contributed by atoms with Gasteiger partial charge in [0.05, 0.1) is 14.2 Å². The third kappa shape index (κ3) is 1.98. The lowest BCUT2D eigenvalue weighted by atomic mass is 10.2. The minimum Gasteiger partial charge on any atom is -0.496 e. The van der Waals surface area contributed by atoms with E-state index >= 15 is 0 Å². The van der Waals surface area contributed by atoms with E-state index in [9.17, 15) is 4.79 Å². The monoisotopic (exact) mass is 260 g/mol. The molecule has 5 heteroatoms. The molecule has 1 aromatic rings. The maximum Gasteiger partial charge on any atom is 0.343 e. The van der Waals surface area contributed by atoms with Gasteiger partial charge in [-0.3, -0.25) is 0 Å². The molecule has 0 bridgehead atoms. The maximum absolute atomic E-state index is 10.9. The van der Waals surface area contributed by atoms with Crippen LogP contribution >= 0.6 is 15.9 Å². The summed E-state index contributed by atoms with van der Waals surface area (Å²) in [5.41, 5.74) is 0.0261. The predicted molar refractivity (Wildman–Crippen MR) is 54.2 cm³/mol. The average Bonchev–Trinajstić information content (AvgIpc) is 2.15. The molecule has 4 nitrogen and oxygen atoms in total. The van der Waals surface area contributed by atoms with E-state index in [0.29, 0.717) is 4.47 Å². The second kappa shape index (κ2) is 4.32. The number of hydrogen-bond acceptors (Lipinski definition) is 3. The third-order valence-electron chi connectivity index (χ3n) is 1.68. The molecule has 76 valence electrons. The molecule has 1 aromatic carbocycles. The lowest BCUT2D eigenvalue weighted by Gasteiger charge is -2.10. The van der Waals surface area contributed by atoms with Crippen molar-refractivity contribution in [3.8, 4) is 11.5 Å². The summed E-state index contributed by atoms with van der Waals surface area (Å²) in [7, 11) is 2.82. The van der Waals surface area contributed by atoms with E-state index in [4.69, 9.17) is 14.6 Å². The van der Waals surface area contributed by atoms with E-state index in [1.54, 1.807) is 12.1 Å². The lowest BCUT2D eigenvalue weighted by Crippen LogP contribution is -2.03. The molecular weight excluding hydrogens is 252 g/mol. The number of ether oxygens (including phenoxy) is 2. The molecule has 14 heavy (non-hydrogen) atoms. The van der Waals surface area contributed by atoms with Crippen molar-refractivity contribution in [2.24, 2.45) is 0 Å². The fourth-order valence-electron chi connectivity index (χ4n) is 1.09. The molecule has 0 fully saturated rings. The van der Waals surface area contributed by atoms with Crippen LogP contribution in [-0.2, 0) is 0 Å². The van der Waals surface area contributed by atoms with E-state index in [-0.39, 0.29) is 17.1 Å². The van der Waals surface area contributed by atoms with Gasteiger partial charge < -0.3 is 14.6 Å². The van der Waals surface area contributed by atoms with Crippen LogP contribution in [0, 0.1) is 0 Å². The number of benzene rings is 1. The van der Waals surface area contributed by atoms with Gasteiger partial charge in [-0.25, -0.2) is 4.79 Å². The molecule has 1 rings (SSSR count). The van der Waals surface area contributed by atoms with Crippen molar-refractivity contribution < 1.29 is 19.4 Å². The zero-order valence-corrected chi connectivity index (χ0v) is 9.29. The van der Waals surface area contributed by atoms with E-state index in [1.165, 1.54) is 14.2 Å². The van der Waals surface area contributed by atoms with Gasteiger partial charge in [0.25, 0.3) is 0 Å². The molecule has 0 amide bonds. The zero-order valence-electron chi connectivity index (χ0n) is 7.70. The van der Waals surface area contributed by atoms with Crippen LogP contribution in [0.25, 0.3) is 0 Å². The third-order valence-corrected chi connectivity index (χ3v) is 2.14. The number of carbonyl (C=O) groups is 1. The van der Waals surface area contributed by atoms with Gasteiger partial charge in [-0.15, -0.1) is 0 Å². The minimum atomic E-state index is -1.08. The molecule has 0 unspecified atom stereocenters. The summed E-state index contributed by atoms with van der Waals surface area (Å²) < 4.78 is 10.6. The van der Waals surface area contributed by atoms with E-state index in [0.717, 1.165) is 0 Å². The Bertz CT molecular complexity index is 337. The number of carboxylic acid groups (broad SMARTS) is 1. The van der Waals surface area contributed by atoms with Gasteiger partial charge in [-0.1, -0.05) is 15.9 Å². The molecule has 0 spiro atoms. The Morgan fingerprint density at radius 3 is 2.00 bits per heavy atom. The topological polar surface area (TPSA) is 55.8 Å². The first-order valence-electron chi connectivity index (χ1n) is 3.75. The van der Waals surface area contributed by atoms with Crippen LogP contribution in [0.15, 0.2) is 16.6 Å². The first kappa shape index (κ1) is 10.8. The van der Waals surface area contributed by atoms with Gasteiger partial charge in [-0.2, -0.15) is 0 Å². The molecule has 0 aromatic heterocycles. The maximum atomic E-state index is 10.9. The lowest BCUT2D eigenvalue weighted by molar-refractivity contribution is 0.0689. The van der Waals surface area contributed by atoms with Gasteiger partial charge in [0.15, 0.2) is 0 Å². The molecular formula is C9H9BrO4. The Morgan fingerprint density at radius 1 is 1.29 bits per heavy atom. The van der Waals surface area contributed by atoms with Crippen molar-refractivity contribution in [3.63, 3.8) is 0 Å². The molecule has 1 N–H and O–H groups in total. The van der Waals surface area contributed by atoms with Crippen molar-refractivity contribution in [1.29, 1.82) is 0 Å². The van der Waals surface area contributed by atoms with Crippen molar-refractivity contribution in [2.75, 3.05) is 14.2 Å². The Kier molecular flexibility index (Phi) is 3.35. The van der Waals surface area contributed by atoms with Crippen LogP contribution in [0.5, 0.6) is 11.5 Å². The van der Waals surface area contributed by atoms with Crippen molar-refractivity contribution in [3.05, 3.63) is 22.2 Å². The predicted octanol–water partition coefficient (Wildman–Crippen LogP) is 2.16. The summed E-state index contributed by atoms with van der Waals surface area (Å²) in [6.07, 6.45) is 0. The Balaban J connectivity index is 3.40. The summed E-state index contributed by atoms with van der Waals surface area (Å²) in [6, 6.07) is 3.15. The fourth-order valence-corrected chi connectivity index (χ4v) is 1.51. The molecule has 0 radical (unpaired) electrons. The second-order valence-electron chi connectivity index (χ2n) is 2.49. The van der Waals surface area contributed by atoms with E-state index < -0.39 is 5.97 Å². The summed E-state index contributed by atoms with van der Waals surface area (Å²) >= 11 is 3.22. The molecule has 0 atom stereocenters. The summed E-state index contributed by atoms with van der Waals surface area (Å²) in [5, 5.41) is 8.92. The average molecular weight is 261 g/mol. The van der Waals surface area contributed by atoms with Crippen LogP contribution < -0.4 is 9.47 Å². The van der Waals surface area contributed by atoms with Crippen molar-refractivity contribution in [1.82, 2.24) is 0 Å². The Labute approximate surface area is 89.6 Å². The van der Waals surface area contributed by atoms with Crippen LogP contribution in [0.3, 0.4) is 0 Å². The van der Waals surface area contributed by atoms with E-state index in [1.807, 2.05) is 0 Å². The number of hydrogen-bond donors (Lipinski definition) is 1. The second-order valence-corrected chi connectivity index (χ2v) is 3.41. The SMILES string of the molecule is COc1cc(Br)cc(OC)c1C(=O)O. The molecule has 0 aliphatic heterocycles. The molecule has 0 saturated heterocycles. The van der Waals surface area contributed by atoms with Gasteiger partial charge in [0.2, 0.25) is 0 Å². The van der Waals surface area contributed by atoms with Crippen LogP contribution in [0.1, 0.15) is 10.4 Å². The van der Waals surface area contributed by atoms with Crippen LogP contribution in [-0.4, -0.2) is 25.3 Å². The highest BCUT2D eigenvalue weighted by molar-refractivity contribution is 9.10. The summed E-state index contributed by atoms with van der Waals surface area (Å²) in [6.45, 7) is 0. The first-order chi connectivity index (χ1) is 6.60. The molecule has 0 aliphatic rings. The minimum absolute atomic E-state index is 0.0261. The van der Waals surface area contributed by atoms with Gasteiger partial charge >= 0.3 is 5.97 Å². The molecule has 0 heterocycles. The Morgan fingerprint density at radius 2 is 1.71 bits per heavy atom. The fraction of sp³-hybridized carbons (Fsp3) is 0.222. The number of methoxy groups -OCH3 is 2. The smallest absolute Gasteiger partial charge is 0.343 e. The number of halogens is 1. The number of aromatic carboxylic acids is 1. The standard InChI is InChI=1S/C9H9BrO4/c1-13-6-3-5(10)4-7(14-2)8(6)9(11)12/h3-4H,1-2H3,(H,11,12). The zero-order chi connectivity index (χ0) is 10.7. The van der Waals surface area contributed by atoms with Gasteiger partial charge in [-0.05, 0) is 12.1 Å². The molecule has 0 aliphatic carbocycles. The van der Waals surface area contributed by atoms with E-state index in [2.05, 4.69) is 15.9 Å². The largest absolute Gasteiger partial charge is 0.496 e. The number of rotatable bonds is 3. The van der Waals surface area contributed by atoms with Gasteiger partial charge in [0.1, 0.15) is 17.1 Å². The van der Waals surface area contributed by atoms with Crippen molar-refractivity contribution >= 4 is 21.9 Å². The van der Waals surface area contributed by atoms with Crippen LogP contribution in [0.2, 0.25) is 0 Å². The highest BCUT2D eigenvalue weighted by Gasteiger charge is 2.18. The number of carboxylic acids is 1. The first-order valence-corrected chi connectivity index (χ1v) is 4.54.